The lowest BCUT2D eigenvalue weighted by atomic mass is 10.1. The van der Waals surface area contributed by atoms with E-state index in [0.717, 1.165) is 28.2 Å². The molecule has 0 saturated carbocycles. The molecule has 4 rings (SSSR count). The van der Waals surface area contributed by atoms with Crippen molar-refractivity contribution >= 4 is 23.3 Å². The third kappa shape index (κ3) is 4.72. The summed E-state index contributed by atoms with van der Waals surface area (Å²) in [7, 11) is 3.71. The van der Waals surface area contributed by atoms with Crippen LogP contribution in [0, 0.1) is 0 Å². The minimum atomic E-state index is 0.544. The normalized spacial score (nSPS) is 11.0. The van der Waals surface area contributed by atoms with Crippen molar-refractivity contribution in [2.75, 3.05) is 24.7 Å². The number of hydrogen-bond acceptors (Lipinski definition) is 7. The largest absolute Gasteiger partial charge is 0.388 e. The molecule has 0 bridgehead atoms. The summed E-state index contributed by atoms with van der Waals surface area (Å²) >= 11 is 1.84. The average molecular weight is 432 g/mol. The molecule has 0 saturated heterocycles. The highest BCUT2D eigenvalue weighted by molar-refractivity contribution is 7.99. The summed E-state index contributed by atoms with van der Waals surface area (Å²) in [5.74, 6) is 1.21. The van der Waals surface area contributed by atoms with Crippen LogP contribution in [0.1, 0.15) is 13.8 Å². The van der Waals surface area contributed by atoms with Gasteiger partial charge in [0, 0.05) is 47.1 Å². The second kappa shape index (κ2) is 9.22. The van der Waals surface area contributed by atoms with Crippen LogP contribution < -0.4 is 10.6 Å². The molecule has 4 aromatic rings. The first-order valence-electron chi connectivity index (χ1n) is 10.1. The minimum absolute atomic E-state index is 0.544. The lowest BCUT2D eigenvalue weighted by Crippen LogP contribution is -1.99. The smallest absolute Gasteiger partial charge is 0.189 e. The van der Waals surface area contributed by atoms with Crippen molar-refractivity contribution in [3.05, 3.63) is 60.8 Å². The van der Waals surface area contributed by atoms with Gasteiger partial charge in [-0.3, -0.25) is 0 Å². The van der Waals surface area contributed by atoms with Gasteiger partial charge in [-0.15, -0.1) is 11.8 Å². The number of anilines is 2. The maximum absolute atomic E-state index is 5.65. The van der Waals surface area contributed by atoms with Gasteiger partial charge in [0.15, 0.2) is 17.3 Å². The Bertz CT molecular complexity index is 1150. The second-order valence-corrected chi connectivity index (χ2v) is 8.95. The van der Waals surface area contributed by atoms with Crippen molar-refractivity contribution in [3.63, 3.8) is 0 Å². The summed E-state index contributed by atoms with van der Waals surface area (Å²) in [6, 6.07) is 18.3. The van der Waals surface area contributed by atoms with Gasteiger partial charge in [0.25, 0.3) is 0 Å². The predicted octanol–water partition coefficient (Wildman–Crippen LogP) is 6.05. The number of thioether (sulfide) groups is 1. The van der Waals surface area contributed by atoms with Crippen LogP contribution in [0.4, 0.5) is 11.5 Å². The van der Waals surface area contributed by atoms with E-state index in [1.807, 2.05) is 56.2 Å². The van der Waals surface area contributed by atoms with E-state index in [4.69, 9.17) is 9.51 Å². The fourth-order valence-electron chi connectivity index (χ4n) is 3.19. The molecule has 2 N–H and O–H groups in total. The Morgan fingerprint density at radius 2 is 1.55 bits per heavy atom. The molecule has 2 aromatic carbocycles. The molecule has 2 aromatic heterocycles. The van der Waals surface area contributed by atoms with Crippen LogP contribution in [-0.4, -0.2) is 34.5 Å². The zero-order chi connectivity index (χ0) is 21.8. The van der Waals surface area contributed by atoms with E-state index in [2.05, 4.69) is 58.9 Å². The van der Waals surface area contributed by atoms with Gasteiger partial charge in [-0.05, 0) is 24.3 Å². The quantitative estimate of drug-likeness (QED) is 0.345. The molecule has 0 atom stereocenters. The predicted molar refractivity (Wildman–Crippen MR) is 128 cm³/mol. The van der Waals surface area contributed by atoms with Gasteiger partial charge < -0.3 is 15.2 Å². The van der Waals surface area contributed by atoms with Gasteiger partial charge >= 0.3 is 0 Å². The third-order valence-corrected chi connectivity index (χ3v) is 5.76. The highest BCUT2D eigenvalue weighted by Gasteiger charge is 2.16. The molecule has 0 unspecified atom stereocenters. The van der Waals surface area contributed by atoms with E-state index >= 15 is 0 Å². The van der Waals surface area contributed by atoms with E-state index in [0.29, 0.717) is 22.5 Å². The van der Waals surface area contributed by atoms with Crippen LogP contribution in [0.25, 0.3) is 34.0 Å². The first-order chi connectivity index (χ1) is 15.1. The number of nitrogens with one attached hydrogen (secondary N) is 2. The van der Waals surface area contributed by atoms with Crippen molar-refractivity contribution in [2.24, 2.45) is 0 Å². The molecule has 0 spiro atoms. The van der Waals surface area contributed by atoms with Gasteiger partial charge in [0.1, 0.15) is 5.69 Å². The van der Waals surface area contributed by atoms with E-state index < -0.39 is 0 Å². The standard InChI is InChI=1S/C24H25N5OS/c1-15(2)31-19-11-7-17(8-12-19)21-14-27-24(26-4)23(28-21)22-13-20(29-30-22)16-5-9-18(25-3)10-6-16/h5-15,25H,1-4H3,(H,26,27). The first-order valence-corrected chi connectivity index (χ1v) is 11.0. The molecule has 0 radical (unpaired) electrons. The summed E-state index contributed by atoms with van der Waals surface area (Å²) in [5, 5.41) is 11.0. The molecule has 0 fully saturated rings. The van der Waals surface area contributed by atoms with Crippen molar-refractivity contribution in [2.45, 2.75) is 24.0 Å². The number of benzene rings is 2. The third-order valence-electron chi connectivity index (χ3n) is 4.74. The molecule has 0 aliphatic carbocycles. The van der Waals surface area contributed by atoms with Crippen LogP contribution in [0.3, 0.4) is 0 Å². The van der Waals surface area contributed by atoms with E-state index in [1.54, 1.807) is 6.20 Å². The highest BCUT2D eigenvalue weighted by atomic mass is 32.2. The van der Waals surface area contributed by atoms with Gasteiger partial charge in [-0.1, -0.05) is 43.3 Å². The van der Waals surface area contributed by atoms with Gasteiger partial charge in [-0.25, -0.2) is 9.97 Å². The molecule has 0 amide bonds. The van der Waals surface area contributed by atoms with Crippen LogP contribution in [-0.2, 0) is 0 Å². The summed E-state index contributed by atoms with van der Waals surface area (Å²) in [4.78, 5) is 10.6. The molecular weight excluding hydrogens is 406 g/mol. The zero-order valence-electron chi connectivity index (χ0n) is 18.0. The Morgan fingerprint density at radius 3 is 2.19 bits per heavy atom. The van der Waals surface area contributed by atoms with Crippen LogP contribution >= 0.6 is 11.8 Å². The topological polar surface area (TPSA) is 75.9 Å². The number of aromatic nitrogens is 3. The fourth-order valence-corrected chi connectivity index (χ4v) is 4.03. The fraction of sp³-hybridized carbons (Fsp3) is 0.208. The Morgan fingerprint density at radius 1 is 0.871 bits per heavy atom. The maximum atomic E-state index is 5.65. The Labute approximate surface area is 186 Å². The van der Waals surface area contributed by atoms with Crippen molar-refractivity contribution in [1.82, 2.24) is 15.1 Å². The minimum Gasteiger partial charge on any atom is -0.388 e. The van der Waals surface area contributed by atoms with Crippen molar-refractivity contribution in [3.8, 4) is 34.0 Å². The van der Waals surface area contributed by atoms with E-state index in [-0.39, 0.29) is 0 Å². The SMILES string of the molecule is CNc1ccc(-c2cc(-c3nc(-c4ccc(SC(C)C)cc4)cnc3NC)on2)cc1. The molecule has 7 heteroatoms. The monoisotopic (exact) mass is 431 g/mol. The van der Waals surface area contributed by atoms with Crippen LogP contribution in [0.2, 0.25) is 0 Å². The summed E-state index contributed by atoms with van der Waals surface area (Å²) in [6.45, 7) is 4.38. The molecule has 0 aliphatic heterocycles. The highest BCUT2D eigenvalue weighted by Crippen LogP contribution is 2.32. The molecule has 0 aliphatic rings. The number of hydrogen-bond donors (Lipinski definition) is 2. The zero-order valence-corrected chi connectivity index (χ0v) is 18.8. The Balaban J connectivity index is 1.66. The summed E-state index contributed by atoms with van der Waals surface area (Å²) < 4.78 is 5.65. The Kier molecular flexibility index (Phi) is 6.23. The van der Waals surface area contributed by atoms with Gasteiger partial charge in [0.2, 0.25) is 0 Å². The molecule has 31 heavy (non-hydrogen) atoms. The molecular formula is C24H25N5OS. The van der Waals surface area contributed by atoms with E-state index in [1.165, 1.54) is 4.90 Å². The Hall–Kier alpha value is -3.32. The summed E-state index contributed by atoms with van der Waals surface area (Å²) in [5.41, 5.74) is 5.19. The lowest BCUT2D eigenvalue weighted by Gasteiger charge is -2.09. The van der Waals surface area contributed by atoms with Crippen molar-refractivity contribution in [1.29, 1.82) is 0 Å². The molecule has 158 valence electrons. The second-order valence-electron chi connectivity index (χ2n) is 7.30. The molecule has 6 nitrogen and oxygen atoms in total. The van der Waals surface area contributed by atoms with E-state index in [9.17, 15) is 0 Å². The number of rotatable bonds is 7. The molecule has 2 heterocycles. The van der Waals surface area contributed by atoms with Crippen molar-refractivity contribution < 1.29 is 4.52 Å². The van der Waals surface area contributed by atoms with Crippen LogP contribution in [0.15, 0.2) is 70.2 Å². The number of nitrogens with zero attached hydrogens (tertiary/aromatic N) is 3. The summed E-state index contributed by atoms with van der Waals surface area (Å²) in [6.07, 6.45) is 1.77. The average Bonchev–Trinajstić information content (AvgIpc) is 3.29. The van der Waals surface area contributed by atoms with Crippen LogP contribution in [0.5, 0.6) is 0 Å². The lowest BCUT2D eigenvalue weighted by molar-refractivity contribution is 0.433. The maximum Gasteiger partial charge on any atom is 0.189 e. The first kappa shape index (κ1) is 20.9. The van der Waals surface area contributed by atoms with Gasteiger partial charge in [-0.2, -0.15) is 0 Å². The van der Waals surface area contributed by atoms with Gasteiger partial charge in [0.05, 0.1) is 11.9 Å².